The second kappa shape index (κ2) is 10.7. The highest BCUT2D eigenvalue weighted by Crippen LogP contribution is 2.21. The first-order valence-electron chi connectivity index (χ1n) is 10.8. The molecule has 0 bridgehead atoms. The molecule has 1 aromatic heterocycles. The van der Waals surface area contributed by atoms with E-state index in [1.54, 1.807) is 24.1 Å². The number of amides is 2. The van der Waals surface area contributed by atoms with E-state index < -0.39 is 0 Å². The maximum atomic E-state index is 12.8. The Morgan fingerprint density at radius 1 is 1.26 bits per heavy atom. The van der Waals surface area contributed by atoms with E-state index >= 15 is 0 Å². The number of aryl methyl sites for hydroxylation is 1. The van der Waals surface area contributed by atoms with Crippen LogP contribution in [0.25, 0.3) is 6.08 Å². The molecular weight excluding hydrogens is 394 g/mol. The number of nitrogens with zero attached hydrogens (tertiary/aromatic N) is 4. The predicted octanol–water partition coefficient (Wildman–Crippen LogP) is 2.91. The van der Waals surface area contributed by atoms with E-state index in [1.165, 1.54) is 0 Å². The van der Waals surface area contributed by atoms with Crippen molar-refractivity contribution in [3.8, 4) is 5.75 Å². The summed E-state index contributed by atoms with van der Waals surface area (Å²) in [6, 6.07) is 7.80. The molecule has 1 N–H and O–H groups in total. The molecule has 0 saturated carbocycles. The number of hydrogen-bond donors (Lipinski definition) is 1. The average molecular weight is 426 g/mol. The Morgan fingerprint density at radius 2 is 2.03 bits per heavy atom. The molecule has 3 rings (SSSR count). The fraction of sp³-hybridized carbons (Fsp3) is 0.478. The van der Waals surface area contributed by atoms with Crippen molar-refractivity contribution < 1.29 is 14.3 Å². The topological polar surface area (TPSA) is 89.4 Å². The summed E-state index contributed by atoms with van der Waals surface area (Å²) in [6.07, 6.45) is 9.01. The Labute approximate surface area is 183 Å². The Balaban J connectivity index is 1.57. The minimum Gasteiger partial charge on any atom is -0.497 e. The first-order valence-corrected chi connectivity index (χ1v) is 10.8. The number of rotatable bonds is 8. The first-order chi connectivity index (χ1) is 15.0. The monoisotopic (exact) mass is 425 g/mol. The molecule has 1 fully saturated rings. The molecule has 0 spiro atoms. The van der Waals surface area contributed by atoms with Crippen molar-refractivity contribution in [2.45, 2.75) is 58.2 Å². The van der Waals surface area contributed by atoms with Gasteiger partial charge in [-0.25, -0.2) is 0 Å². The quantitative estimate of drug-likeness (QED) is 0.657. The molecule has 2 heterocycles. The van der Waals surface area contributed by atoms with E-state index in [9.17, 15) is 9.59 Å². The van der Waals surface area contributed by atoms with Crippen LogP contribution < -0.4 is 10.1 Å². The van der Waals surface area contributed by atoms with Crippen molar-refractivity contribution in [3.63, 3.8) is 0 Å². The number of aromatic nitrogens is 3. The van der Waals surface area contributed by atoms with Crippen LogP contribution in [0.5, 0.6) is 5.75 Å². The predicted molar refractivity (Wildman–Crippen MR) is 119 cm³/mol. The third kappa shape index (κ3) is 6.41. The van der Waals surface area contributed by atoms with Crippen molar-refractivity contribution in [3.05, 3.63) is 47.8 Å². The van der Waals surface area contributed by atoms with E-state index in [0.29, 0.717) is 12.2 Å². The number of ether oxygens (including phenoxy) is 1. The van der Waals surface area contributed by atoms with Gasteiger partial charge in [0.25, 0.3) is 5.91 Å². The smallest absolute Gasteiger partial charge is 0.273 e. The molecule has 8 nitrogen and oxygen atoms in total. The van der Waals surface area contributed by atoms with Gasteiger partial charge in [0.2, 0.25) is 5.91 Å². The largest absolute Gasteiger partial charge is 0.497 e. The van der Waals surface area contributed by atoms with Crippen molar-refractivity contribution >= 4 is 17.9 Å². The molecule has 0 aliphatic carbocycles. The molecule has 8 heteroatoms. The SMILES string of the molecule is COc1ccc(/C=C/C(=O)N2CCCC[C@@H]2CCn2cc(C(=O)NC(C)C)nn2)cc1. The Morgan fingerprint density at radius 3 is 2.74 bits per heavy atom. The summed E-state index contributed by atoms with van der Waals surface area (Å²) in [4.78, 5) is 26.8. The van der Waals surface area contributed by atoms with Gasteiger partial charge in [0, 0.05) is 31.2 Å². The standard InChI is InChI=1S/C23H31N5O3/c1-17(2)24-23(30)21-16-27(26-25-21)15-13-19-6-4-5-14-28(19)22(29)12-9-18-7-10-20(31-3)11-8-18/h7-12,16-17,19H,4-6,13-15H2,1-3H3,(H,24,30)/b12-9+/t19-/m1/s1. The van der Waals surface area contributed by atoms with Crippen molar-refractivity contribution in [2.75, 3.05) is 13.7 Å². The third-order valence-corrected chi connectivity index (χ3v) is 5.33. The van der Waals surface area contributed by atoms with Crippen LogP contribution in [0.2, 0.25) is 0 Å². The zero-order valence-electron chi connectivity index (χ0n) is 18.5. The molecule has 1 atom stereocenters. The van der Waals surface area contributed by atoms with Gasteiger partial charge in [0.1, 0.15) is 5.75 Å². The summed E-state index contributed by atoms with van der Waals surface area (Å²) in [7, 11) is 1.63. The number of methoxy groups -OCH3 is 1. The van der Waals surface area contributed by atoms with Gasteiger partial charge in [-0.2, -0.15) is 0 Å². The summed E-state index contributed by atoms with van der Waals surface area (Å²) >= 11 is 0. The number of hydrogen-bond acceptors (Lipinski definition) is 5. The van der Waals surface area contributed by atoms with Crippen LogP contribution in [0.15, 0.2) is 36.5 Å². The van der Waals surface area contributed by atoms with E-state index in [-0.39, 0.29) is 23.9 Å². The summed E-state index contributed by atoms with van der Waals surface area (Å²) in [5.74, 6) is 0.591. The zero-order chi connectivity index (χ0) is 22.2. The summed E-state index contributed by atoms with van der Waals surface area (Å²) in [5.41, 5.74) is 1.27. The fourth-order valence-corrected chi connectivity index (χ4v) is 3.70. The van der Waals surface area contributed by atoms with E-state index in [4.69, 9.17) is 4.74 Å². The van der Waals surface area contributed by atoms with Crippen LogP contribution in [-0.2, 0) is 11.3 Å². The lowest BCUT2D eigenvalue weighted by Crippen LogP contribution is -2.43. The Bertz CT molecular complexity index is 904. The van der Waals surface area contributed by atoms with Crippen LogP contribution >= 0.6 is 0 Å². The summed E-state index contributed by atoms with van der Waals surface area (Å²) in [5, 5.41) is 10.8. The van der Waals surface area contributed by atoms with Crippen molar-refractivity contribution in [1.82, 2.24) is 25.2 Å². The number of likely N-dealkylation sites (tertiary alicyclic amines) is 1. The van der Waals surface area contributed by atoms with E-state index in [2.05, 4.69) is 15.6 Å². The van der Waals surface area contributed by atoms with Crippen LogP contribution in [0.1, 0.15) is 55.6 Å². The lowest BCUT2D eigenvalue weighted by Gasteiger charge is -2.35. The molecule has 1 aliphatic rings. The van der Waals surface area contributed by atoms with Gasteiger partial charge in [0.05, 0.1) is 13.3 Å². The minimum absolute atomic E-state index is 0.0242. The molecule has 1 saturated heterocycles. The van der Waals surface area contributed by atoms with Gasteiger partial charge >= 0.3 is 0 Å². The maximum absolute atomic E-state index is 12.8. The maximum Gasteiger partial charge on any atom is 0.273 e. The molecule has 0 radical (unpaired) electrons. The number of carbonyl (C=O) groups is 2. The van der Waals surface area contributed by atoms with Gasteiger partial charge in [-0.1, -0.05) is 17.3 Å². The number of piperidine rings is 1. The molecule has 2 aromatic rings. The van der Waals surface area contributed by atoms with Crippen LogP contribution in [-0.4, -0.2) is 57.4 Å². The van der Waals surface area contributed by atoms with Gasteiger partial charge in [0.15, 0.2) is 5.69 Å². The van der Waals surface area contributed by atoms with E-state index in [1.807, 2.05) is 49.1 Å². The molecule has 1 aliphatic heterocycles. The number of benzene rings is 1. The zero-order valence-corrected chi connectivity index (χ0v) is 18.5. The second-order valence-corrected chi connectivity index (χ2v) is 8.07. The minimum atomic E-state index is -0.223. The molecule has 1 aromatic carbocycles. The molecule has 166 valence electrons. The van der Waals surface area contributed by atoms with Gasteiger partial charge in [-0.05, 0) is 63.3 Å². The van der Waals surface area contributed by atoms with Gasteiger partial charge in [-0.15, -0.1) is 5.10 Å². The fourth-order valence-electron chi connectivity index (χ4n) is 3.70. The molecule has 0 unspecified atom stereocenters. The van der Waals surface area contributed by atoms with Gasteiger partial charge in [-0.3, -0.25) is 14.3 Å². The van der Waals surface area contributed by atoms with Gasteiger partial charge < -0.3 is 15.0 Å². The summed E-state index contributed by atoms with van der Waals surface area (Å²) < 4.78 is 6.85. The number of nitrogens with one attached hydrogen (secondary N) is 1. The van der Waals surface area contributed by atoms with Crippen molar-refractivity contribution in [2.24, 2.45) is 0 Å². The number of carbonyl (C=O) groups excluding carboxylic acids is 2. The van der Waals surface area contributed by atoms with Crippen molar-refractivity contribution in [1.29, 1.82) is 0 Å². The highest BCUT2D eigenvalue weighted by molar-refractivity contribution is 5.92. The average Bonchev–Trinajstić information content (AvgIpc) is 3.25. The lowest BCUT2D eigenvalue weighted by atomic mass is 9.99. The molecule has 2 amide bonds. The highest BCUT2D eigenvalue weighted by Gasteiger charge is 2.25. The van der Waals surface area contributed by atoms with Crippen LogP contribution in [0.3, 0.4) is 0 Å². The van der Waals surface area contributed by atoms with E-state index in [0.717, 1.165) is 43.5 Å². The second-order valence-electron chi connectivity index (χ2n) is 8.07. The van der Waals surface area contributed by atoms with Crippen LogP contribution in [0.4, 0.5) is 0 Å². The van der Waals surface area contributed by atoms with Crippen LogP contribution in [0, 0.1) is 0 Å². The lowest BCUT2D eigenvalue weighted by molar-refractivity contribution is -0.129. The summed E-state index contributed by atoms with van der Waals surface area (Å²) in [6.45, 7) is 5.18. The highest BCUT2D eigenvalue weighted by atomic mass is 16.5. The first kappa shape index (κ1) is 22.5. The normalized spacial score (nSPS) is 16.6. The Hall–Kier alpha value is -3.16. The molecule has 31 heavy (non-hydrogen) atoms. The molecular formula is C23H31N5O3. The Kier molecular flexibility index (Phi) is 7.81. The third-order valence-electron chi connectivity index (χ3n) is 5.33.